The highest BCUT2D eigenvalue weighted by atomic mass is 79.9. The number of rotatable bonds is 4. The van der Waals surface area contributed by atoms with Gasteiger partial charge in [-0.2, -0.15) is 0 Å². The summed E-state index contributed by atoms with van der Waals surface area (Å²) >= 11 is 5.30. The van der Waals surface area contributed by atoms with E-state index in [9.17, 15) is 0 Å². The van der Waals surface area contributed by atoms with Crippen molar-refractivity contribution in [1.82, 2.24) is 0 Å². The van der Waals surface area contributed by atoms with Crippen molar-refractivity contribution in [2.75, 3.05) is 0 Å². The van der Waals surface area contributed by atoms with Gasteiger partial charge in [0, 0.05) is 15.1 Å². The number of halogens is 1. The minimum Gasteiger partial charge on any atom is -0.392 e. The Morgan fingerprint density at radius 2 is 1.74 bits per heavy atom. The molecule has 100 valence electrons. The Kier molecular flexibility index (Phi) is 5.08. The van der Waals surface area contributed by atoms with Gasteiger partial charge in [-0.25, -0.2) is 0 Å². The third-order valence-electron chi connectivity index (χ3n) is 2.88. The van der Waals surface area contributed by atoms with Crippen molar-refractivity contribution in [2.24, 2.45) is 0 Å². The highest BCUT2D eigenvalue weighted by molar-refractivity contribution is 9.10. The van der Waals surface area contributed by atoms with Gasteiger partial charge < -0.3 is 5.11 Å². The molecule has 2 aromatic carbocycles. The molecule has 0 aliphatic rings. The van der Waals surface area contributed by atoms with Gasteiger partial charge in [-0.1, -0.05) is 51.3 Å². The number of hydrogen-bond acceptors (Lipinski definition) is 2. The first kappa shape index (κ1) is 14.6. The number of aryl methyl sites for hydroxylation is 2. The van der Waals surface area contributed by atoms with E-state index in [1.807, 2.05) is 17.8 Å². The molecule has 0 spiro atoms. The molecule has 0 aliphatic carbocycles. The SMILES string of the molecule is Cc1cc(C)cc(CSc2ccc(CO)c(Br)c2)c1. The number of aliphatic hydroxyl groups is 1. The van der Waals surface area contributed by atoms with Crippen LogP contribution in [0.2, 0.25) is 0 Å². The minimum atomic E-state index is 0.0720. The van der Waals surface area contributed by atoms with Crippen molar-refractivity contribution in [3.8, 4) is 0 Å². The molecular formula is C16H17BrOS. The standard InChI is InChI=1S/C16H17BrOS/c1-11-5-12(2)7-13(6-11)10-19-15-4-3-14(9-18)16(17)8-15/h3-8,18H,9-10H2,1-2H3. The van der Waals surface area contributed by atoms with Crippen LogP contribution >= 0.6 is 27.7 Å². The van der Waals surface area contributed by atoms with E-state index in [1.54, 1.807) is 0 Å². The van der Waals surface area contributed by atoms with Crippen LogP contribution in [0.3, 0.4) is 0 Å². The highest BCUT2D eigenvalue weighted by Gasteiger charge is 2.02. The second kappa shape index (κ2) is 6.60. The molecule has 0 atom stereocenters. The molecular weight excluding hydrogens is 320 g/mol. The summed E-state index contributed by atoms with van der Waals surface area (Å²) in [5.41, 5.74) is 4.90. The minimum absolute atomic E-state index is 0.0720. The summed E-state index contributed by atoms with van der Waals surface area (Å²) in [5.74, 6) is 0.966. The Morgan fingerprint density at radius 1 is 1.05 bits per heavy atom. The lowest BCUT2D eigenvalue weighted by molar-refractivity contribution is 0.281. The van der Waals surface area contributed by atoms with E-state index in [2.05, 4.69) is 60.1 Å². The molecule has 1 N–H and O–H groups in total. The van der Waals surface area contributed by atoms with Crippen LogP contribution in [0.4, 0.5) is 0 Å². The van der Waals surface area contributed by atoms with Gasteiger partial charge in [-0.05, 0) is 37.1 Å². The molecule has 0 saturated heterocycles. The molecule has 2 rings (SSSR count). The van der Waals surface area contributed by atoms with Crippen molar-refractivity contribution in [1.29, 1.82) is 0 Å². The van der Waals surface area contributed by atoms with Crippen LogP contribution < -0.4 is 0 Å². The first-order valence-electron chi connectivity index (χ1n) is 6.18. The Bertz CT molecular complexity index is 561. The maximum atomic E-state index is 9.14. The Balaban J connectivity index is 2.08. The summed E-state index contributed by atoms with van der Waals surface area (Å²) in [5, 5.41) is 9.14. The predicted molar refractivity (Wildman–Crippen MR) is 85.5 cm³/mol. The largest absolute Gasteiger partial charge is 0.392 e. The van der Waals surface area contributed by atoms with Crippen LogP contribution in [-0.4, -0.2) is 5.11 Å². The van der Waals surface area contributed by atoms with Gasteiger partial charge in [-0.15, -0.1) is 11.8 Å². The molecule has 0 fully saturated rings. The molecule has 0 saturated carbocycles. The fraction of sp³-hybridized carbons (Fsp3) is 0.250. The number of hydrogen-bond donors (Lipinski definition) is 1. The Labute approximate surface area is 127 Å². The maximum Gasteiger partial charge on any atom is 0.0692 e. The smallest absolute Gasteiger partial charge is 0.0692 e. The molecule has 19 heavy (non-hydrogen) atoms. The summed E-state index contributed by atoms with van der Waals surface area (Å²) in [6.45, 7) is 4.34. The molecule has 0 aliphatic heterocycles. The number of aliphatic hydroxyl groups excluding tert-OH is 1. The van der Waals surface area contributed by atoms with Gasteiger partial charge in [0.2, 0.25) is 0 Å². The van der Waals surface area contributed by atoms with Gasteiger partial charge in [0.15, 0.2) is 0 Å². The normalized spacial score (nSPS) is 10.7. The molecule has 1 nitrogen and oxygen atoms in total. The average molecular weight is 337 g/mol. The lowest BCUT2D eigenvalue weighted by atomic mass is 10.1. The van der Waals surface area contributed by atoms with Crippen LogP contribution in [0, 0.1) is 13.8 Å². The summed E-state index contributed by atoms with van der Waals surface area (Å²) < 4.78 is 0.973. The van der Waals surface area contributed by atoms with E-state index in [-0.39, 0.29) is 6.61 Å². The van der Waals surface area contributed by atoms with Crippen LogP contribution in [0.15, 0.2) is 45.8 Å². The summed E-state index contributed by atoms with van der Waals surface area (Å²) in [7, 11) is 0. The van der Waals surface area contributed by atoms with Gasteiger partial charge in [0.25, 0.3) is 0 Å². The van der Waals surface area contributed by atoms with Crippen molar-refractivity contribution in [3.05, 3.63) is 63.1 Å². The number of thioether (sulfide) groups is 1. The van der Waals surface area contributed by atoms with Gasteiger partial charge >= 0.3 is 0 Å². The van der Waals surface area contributed by atoms with Crippen LogP contribution in [0.5, 0.6) is 0 Å². The average Bonchev–Trinajstić information content (AvgIpc) is 2.35. The molecule has 2 aromatic rings. The van der Waals surface area contributed by atoms with E-state index in [0.29, 0.717) is 0 Å². The summed E-state index contributed by atoms with van der Waals surface area (Å²) in [4.78, 5) is 1.21. The molecule has 0 heterocycles. The van der Waals surface area contributed by atoms with Crippen molar-refractivity contribution in [2.45, 2.75) is 31.1 Å². The van der Waals surface area contributed by atoms with E-state index >= 15 is 0 Å². The van der Waals surface area contributed by atoms with Crippen LogP contribution in [0.25, 0.3) is 0 Å². The third-order valence-corrected chi connectivity index (χ3v) is 4.68. The molecule has 0 radical (unpaired) electrons. The first-order valence-corrected chi connectivity index (χ1v) is 7.95. The number of benzene rings is 2. The zero-order valence-corrected chi connectivity index (χ0v) is 13.5. The quantitative estimate of drug-likeness (QED) is 0.805. The molecule has 3 heteroatoms. The molecule has 0 unspecified atom stereocenters. The van der Waals surface area contributed by atoms with Crippen molar-refractivity contribution < 1.29 is 5.11 Å². The third kappa shape index (κ3) is 4.10. The fourth-order valence-corrected chi connectivity index (χ4v) is 3.59. The van der Waals surface area contributed by atoms with Crippen molar-refractivity contribution >= 4 is 27.7 Å². The lowest BCUT2D eigenvalue weighted by Gasteiger charge is -2.07. The second-order valence-corrected chi connectivity index (χ2v) is 6.60. The zero-order chi connectivity index (χ0) is 13.8. The van der Waals surface area contributed by atoms with E-state index in [1.165, 1.54) is 21.6 Å². The lowest BCUT2D eigenvalue weighted by Crippen LogP contribution is -1.87. The second-order valence-electron chi connectivity index (χ2n) is 4.70. The first-order chi connectivity index (χ1) is 9.08. The fourth-order valence-electron chi connectivity index (χ4n) is 2.07. The van der Waals surface area contributed by atoms with Gasteiger partial charge in [0.05, 0.1) is 6.61 Å². The van der Waals surface area contributed by atoms with Crippen LogP contribution in [-0.2, 0) is 12.4 Å². The van der Waals surface area contributed by atoms with E-state index in [0.717, 1.165) is 15.8 Å². The summed E-state index contributed by atoms with van der Waals surface area (Å²) in [6, 6.07) is 12.8. The van der Waals surface area contributed by atoms with Crippen LogP contribution in [0.1, 0.15) is 22.3 Å². The summed E-state index contributed by atoms with van der Waals surface area (Å²) in [6.07, 6.45) is 0. The maximum absolute atomic E-state index is 9.14. The Hall–Kier alpha value is -0.770. The topological polar surface area (TPSA) is 20.2 Å². The van der Waals surface area contributed by atoms with Gasteiger partial charge in [-0.3, -0.25) is 0 Å². The van der Waals surface area contributed by atoms with Crippen molar-refractivity contribution in [3.63, 3.8) is 0 Å². The monoisotopic (exact) mass is 336 g/mol. The molecule has 0 amide bonds. The Morgan fingerprint density at radius 3 is 2.32 bits per heavy atom. The van der Waals surface area contributed by atoms with E-state index < -0.39 is 0 Å². The molecule has 0 bridgehead atoms. The zero-order valence-electron chi connectivity index (χ0n) is 11.1. The highest BCUT2D eigenvalue weighted by Crippen LogP contribution is 2.28. The predicted octanol–water partition coefficient (Wildman–Crippen LogP) is 4.85. The van der Waals surface area contributed by atoms with E-state index in [4.69, 9.17) is 5.11 Å². The molecule has 0 aromatic heterocycles. The van der Waals surface area contributed by atoms with Gasteiger partial charge in [0.1, 0.15) is 0 Å².